The Balaban J connectivity index is 1.52. The molecule has 0 atom stereocenters. The van der Waals surface area contributed by atoms with Gasteiger partial charge in [-0.1, -0.05) is 11.6 Å². The zero-order valence-electron chi connectivity index (χ0n) is 19.8. The number of piperidine rings is 1. The molecule has 4 rings (SSSR count). The molecule has 2 aromatic rings. The van der Waals surface area contributed by atoms with Gasteiger partial charge in [0, 0.05) is 24.3 Å². The van der Waals surface area contributed by atoms with Crippen molar-refractivity contribution in [1.29, 1.82) is 0 Å². The normalized spacial score (nSPS) is 18.1. The predicted molar refractivity (Wildman–Crippen MR) is 131 cm³/mol. The average Bonchev–Trinajstić information content (AvgIpc) is 3.08. The van der Waals surface area contributed by atoms with E-state index in [0.29, 0.717) is 59.4 Å². The van der Waals surface area contributed by atoms with Crippen molar-refractivity contribution in [3.05, 3.63) is 52.5 Å². The lowest BCUT2D eigenvalue weighted by Gasteiger charge is -2.35. The number of benzene rings is 2. The summed E-state index contributed by atoms with van der Waals surface area (Å²) in [5, 5.41) is 6.74. The van der Waals surface area contributed by atoms with Crippen LogP contribution in [0.3, 0.4) is 0 Å². The lowest BCUT2D eigenvalue weighted by Crippen LogP contribution is -2.47. The highest BCUT2D eigenvalue weighted by atomic mass is 35.5. The third-order valence-electron chi connectivity index (χ3n) is 6.52. The molecule has 9 heteroatoms. The van der Waals surface area contributed by atoms with E-state index >= 15 is 0 Å². The van der Waals surface area contributed by atoms with Crippen LogP contribution in [0.2, 0.25) is 5.02 Å². The lowest BCUT2D eigenvalue weighted by atomic mass is 9.83. The molecular formula is C25H29ClN4O4. The zero-order chi connectivity index (χ0) is 24.6. The summed E-state index contributed by atoms with van der Waals surface area (Å²) < 4.78 is 10.8. The number of carbonyl (C=O) groups excluding carboxylic acids is 2. The molecule has 2 amide bonds. The minimum absolute atomic E-state index is 0.0547. The van der Waals surface area contributed by atoms with Gasteiger partial charge in [0.2, 0.25) is 0 Å². The predicted octanol–water partition coefficient (Wildman–Crippen LogP) is 3.82. The Labute approximate surface area is 204 Å². The highest BCUT2D eigenvalue weighted by Gasteiger charge is 2.47. The van der Waals surface area contributed by atoms with E-state index in [1.165, 1.54) is 0 Å². The van der Waals surface area contributed by atoms with Gasteiger partial charge in [0.05, 0.1) is 42.0 Å². The van der Waals surface area contributed by atoms with Crippen LogP contribution < -0.4 is 15.2 Å². The quantitative estimate of drug-likeness (QED) is 0.651. The van der Waals surface area contributed by atoms with Crippen molar-refractivity contribution in [2.45, 2.75) is 32.7 Å². The first kappa shape index (κ1) is 23.9. The Hall–Kier alpha value is -3.26. The molecule has 0 radical (unpaired) electrons. The first-order valence-electron chi connectivity index (χ1n) is 11.2. The summed E-state index contributed by atoms with van der Waals surface area (Å²) in [6, 6.07) is 10.3. The Kier molecular flexibility index (Phi) is 6.45. The number of likely N-dealkylation sites (tertiary alicyclic amines) is 1. The monoisotopic (exact) mass is 484 g/mol. The molecule has 2 N–H and O–H groups in total. The van der Waals surface area contributed by atoms with Crippen LogP contribution in [-0.2, 0) is 4.79 Å². The molecule has 0 spiro atoms. The smallest absolute Gasteiger partial charge is 0.255 e. The summed E-state index contributed by atoms with van der Waals surface area (Å²) >= 11 is 6.22. The first-order valence-corrected chi connectivity index (χ1v) is 11.5. The maximum absolute atomic E-state index is 13.4. The minimum atomic E-state index is -0.790. The summed E-state index contributed by atoms with van der Waals surface area (Å²) in [7, 11) is 3.16. The van der Waals surface area contributed by atoms with Crippen LogP contribution in [0.4, 0.5) is 5.69 Å². The van der Waals surface area contributed by atoms with Gasteiger partial charge in [0.1, 0.15) is 0 Å². The Morgan fingerprint density at radius 1 is 1.09 bits per heavy atom. The van der Waals surface area contributed by atoms with E-state index in [1.54, 1.807) is 42.3 Å². The highest BCUT2D eigenvalue weighted by Crippen LogP contribution is 2.37. The van der Waals surface area contributed by atoms with Gasteiger partial charge in [0.25, 0.3) is 11.8 Å². The number of hydrogen-bond donors (Lipinski definition) is 1. The maximum atomic E-state index is 13.4. The molecule has 0 unspecified atom stereocenters. The molecular weight excluding hydrogens is 456 g/mol. The van der Waals surface area contributed by atoms with Crippen molar-refractivity contribution in [2.75, 3.05) is 33.0 Å². The minimum Gasteiger partial charge on any atom is -0.493 e. The van der Waals surface area contributed by atoms with Gasteiger partial charge in [-0.3, -0.25) is 9.59 Å². The summed E-state index contributed by atoms with van der Waals surface area (Å²) in [5.74, 6) is 0.985. The standard InChI is InChI=1S/C25H29ClN4O4/c1-25(2)22(15-5-8-20(33-3)21(13-15)34-4)28-30(24(25)32)17-9-11-29(12-10-17)23(31)18-14-16(27)6-7-19(18)26/h5-8,13-14,17H,9-12,27H2,1-4H3. The van der Waals surface area contributed by atoms with Crippen molar-refractivity contribution in [3.63, 3.8) is 0 Å². The van der Waals surface area contributed by atoms with Gasteiger partial charge in [0.15, 0.2) is 11.5 Å². The molecule has 2 heterocycles. The van der Waals surface area contributed by atoms with E-state index in [4.69, 9.17) is 31.9 Å². The topological polar surface area (TPSA) is 97.5 Å². The second kappa shape index (κ2) is 9.18. The molecule has 8 nitrogen and oxygen atoms in total. The number of anilines is 1. The average molecular weight is 485 g/mol. The van der Waals surface area contributed by atoms with Crippen molar-refractivity contribution in [1.82, 2.24) is 9.91 Å². The zero-order valence-corrected chi connectivity index (χ0v) is 20.6. The van der Waals surface area contributed by atoms with Crippen LogP contribution in [0.5, 0.6) is 11.5 Å². The first-order chi connectivity index (χ1) is 16.2. The number of nitrogens with zero attached hydrogens (tertiary/aromatic N) is 3. The SMILES string of the molecule is COc1ccc(C2=NN(C3CCN(C(=O)c4cc(N)ccc4Cl)CC3)C(=O)C2(C)C)cc1OC. The fourth-order valence-corrected chi connectivity index (χ4v) is 4.70. The van der Waals surface area contributed by atoms with Crippen LogP contribution in [0.1, 0.15) is 42.6 Å². The third kappa shape index (κ3) is 4.18. The molecule has 0 aromatic heterocycles. The maximum Gasteiger partial charge on any atom is 0.255 e. The molecule has 34 heavy (non-hydrogen) atoms. The number of hydrazone groups is 1. The molecule has 1 fully saturated rings. The Morgan fingerprint density at radius 3 is 2.41 bits per heavy atom. The summed E-state index contributed by atoms with van der Waals surface area (Å²) in [6.45, 7) is 4.76. The number of halogens is 1. The van der Waals surface area contributed by atoms with E-state index < -0.39 is 5.41 Å². The van der Waals surface area contributed by atoms with E-state index in [9.17, 15) is 9.59 Å². The summed E-state index contributed by atoms with van der Waals surface area (Å²) in [6.07, 6.45) is 1.24. The molecule has 180 valence electrons. The highest BCUT2D eigenvalue weighted by molar-refractivity contribution is 6.34. The fourth-order valence-electron chi connectivity index (χ4n) is 4.51. The second-order valence-corrected chi connectivity index (χ2v) is 9.46. The number of rotatable bonds is 5. The van der Waals surface area contributed by atoms with Crippen LogP contribution in [0.25, 0.3) is 0 Å². The lowest BCUT2D eigenvalue weighted by molar-refractivity contribution is -0.137. The van der Waals surface area contributed by atoms with Crippen molar-refractivity contribution in [2.24, 2.45) is 10.5 Å². The van der Waals surface area contributed by atoms with Gasteiger partial charge in [-0.15, -0.1) is 0 Å². The summed E-state index contributed by atoms with van der Waals surface area (Å²) in [4.78, 5) is 28.1. The van der Waals surface area contributed by atoms with Gasteiger partial charge >= 0.3 is 0 Å². The van der Waals surface area contributed by atoms with Crippen LogP contribution in [0.15, 0.2) is 41.5 Å². The molecule has 0 bridgehead atoms. The van der Waals surface area contributed by atoms with E-state index in [2.05, 4.69) is 0 Å². The molecule has 2 aliphatic heterocycles. The van der Waals surface area contributed by atoms with Crippen molar-refractivity contribution >= 4 is 34.8 Å². The van der Waals surface area contributed by atoms with Crippen LogP contribution in [-0.4, -0.2) is 60.8 Å². The van der Waals surface area contributed by atoms with E-state index in [-0.39, 0.29) is 17.9 Å². The number of ether oxygens (including phenoxy) is 2. The molecule has 2 aromatic carbocycles. The molecule has 0 aliphatic carbocycles. The van der Waals surface area contributed by atoms with E-state index in [1.807, 2.05) is 32.0 Å². The Bertz CT molecular complexity index is 1160. The third-order valence-corrected chi connectivity index (χ3v) is 6.85. The van der Waals surface area contributed by atoms with Gasteiger partial charge < -0.3 is 20.1 Å². The number of nitrogens with two attached hydrogens (primary N) is 1. The van der Waals surface area contributed by atoms with E-state index in [0.717, 1.165) is 5.56 Å². The Morgan fingerprint density at radius 2 is 1.76 bits per heavy atom. The van der Waals surface area contributed by atoms with Gasteiger partial charge in [-0.2, -0.15) is 5.10 Å². The summed E-state index contributed by atoms with van der Waals surface area (Å²) in [5.41, 5.74) is 7.42. The van der Waals surface area contributed by atoms with Crippen molar-refractivity contribution in [3.8, 4) is 11.5 Å². The molecule has 1 saturated heterocycles. The van der Waals surface area contributed by atoms with Crippen LogP contribution >= 0.6 is 11.6 Å². The fraction of sp³-hybridized carbons (Fsp3) is 0.400. The number of amides is 2. The second-order valence-electron chi connectivity index (χ2n) is 9.06. The number of nitrogen functional groups attached to an aromatic ring is 1. The number of hydrogen-bond acceptors (Lipinski definition) is 6. The van der Waals surface area contributed by atoms with Gasteiger partial charge in [-0.25, -0.2) is 5.01 Å². The number of methoxy groups -OCH3 is 2. The van der Waals surface area contributed by atoms with Crippen LogP contribution in [0, 0.1) is 5.41 Å². The molecule has 0 saturated carbocycles. The number of carbonyl (C=O) groups is 2. The molecule has 2 aliphatic rings. The van der Waals surface area contributed by atoms with Gasteiger partial charge in [-0.05, 0) is 63.1 Å². The van der Waals surface area contributed by atoms with Crippen molar-refractivity contribution < 1.29 is 19.1 Å². The largest absolute Gasteiger partial charge is 0.493 e.